The lowest BCUT2D eigenvalue weighted by Gasteiger charge is -2.13. The molecule has 0 aliphatic heterocycles. The molecule has 0 bridgehead atoms. The SMILES string of the molecule is CC(CNc1ncc(Cl)cc1N)C1CC1. The maximum atomic E-state index is 5.79. The van der Waals surface area contributed by atoms with E-state index < -0.39 is 0 Å². The van der Waals surface area contributed by atoms with Crippen molar-refractivity contribution in [1.82, 2.24) is 4.98 Å². The van der Waals surface area contributed by atoms with Gasteiger partial charge in [0, 0.05) is 12.7 Å². The number of nitrogens with one attached hydrogen (secondary N) is 1. The van der Waals surface area contributed by atoms with E-state index in [1.165, 1.54) is 12.8 Å². The summed E-state index contributed by atoms with van der Waals surface area (Å²) in [5.74, 6) is 2.33. The van der Waals surface area contributed by atoms with Crippen LogP contribution < -0.4 is 11.1 Å². The van der Waals surface area contributed by atoms with Gasteiger partial charge < -0.3 is 11.1 Å². The number of pyridine rings is 1. The Labute approximate surface area is 95.0 Å². The van der Waals surface area contributed by atoms with E-state index in [0.717, 1.165) is 18.3 Å². The summed E-state index contributed by atoms with van der Waals surface area (Å²) >= 11 is 5.77. The van der Waals surface area contributed by atoms with Crippen LogP contribution in [0, 0.1) is 11.8 Å². The van der Waals surface area contributed by atoms with Crippen LogP contribution in [0.15, 0.2) is 12.3 Å². The van der Waals surface area contributed by atoms with Gasteiger partial charge >= 0.3 is 0 Å². The van der Waals surface area contributed by atoms with Crippen LogP contribution in [0.1, 0.15) is 19.8 Å². The molecule has 1 fully saturated rings. The van der Waals surface area contributed by atoms with E-state index in [-0.39, 0.29) is 0 Å². The zero-order valence-electron chi connectivity index (χ0n) is 8.83. The Bertz CT molecular complexity index is 350. The predicted octanol–water partition coefficient (Wildman–Crippen LogP) is 2.78. The Hall–Kier alpha value is -0.960. The van der Waals surface area contributed by atoms with Crippen molar-refractivity contribution in [2.24, 2.45) is 11.8 Å². The monoisotopic (exact) mass is 225 g/mol. The first-order chi connectivity index (χ1) is 7.16. The number of hydrogen-bond donors (Lipinski definition) is 2. The predicted molar refractivity (Wildman–Crippen MR) is 64.0 cm³/mol. The number of aromatic nitrogens is 1. The molecule has 0 amide bonds. The quantitative estimate of drug-likeness (QED) is 0.829. The largest absolute Gasteiger partial charge is 0.396 e. The molecule has 3 nitrogen and oxygen atoms in total. The molecule has 1 atom stereocenters. The maximum absolute atomic E-state index is 5.79. The van der Waals surface area contributed by atoms with Crippen LogP contribution in [0.2, 0.25) is 5.02 Å². The number of rotatable bonds is 4. The van der Waals surface area contributed by atoms with Crippen LogP contribution >= 0.6 is 11.6 Å². The van der Waals surface area contributed by atoms with Crippen molar-refractivity contribution in [2.45, 2.75) is 19.8 Å². The fourth-order valence-electron chi connectivity index (χ4n) is 1.69. The third kappa shape index (κ3) is 2.75. The molecule has 1 heterocycles. The zero-order valence-corrected chi connectivity index (χ0v) is 9.59. The van der Waals surface area contributed by atoms with Gasteiger partial charge in [-0.3, -0.25) is 0 Å². The van der Waals surface area contributed by atoms with Crippen molar-refractivity contribution in [1.29, 1.82) is 0 Å². The number of nitrogen functional groups attached to an aromatic ring is 1. The fraction of sp³-hybridized carbons (Fsp3) is 0.545. The van der Waals surface area contributed by atoms with Crippen molar-refractivity contribution in [2.75, 3.05) is 17.6 Å². The maximum Gasteiger partial charge on any atom is 0.149 e. The molecule has 0 aromatic carbocycles. The van der Waals surface area contributed by atoms with Crippen LogP contribution in [0.4, 0.5) is 11.5 Å². The molecule has 0 saturated heterocycles. The Morgan fingerprint density at radius 2 is 2.40 bits per heavy atom. The molecule has 3 N–H and O–H groups in total. The van der Waals surface area contributed by atoms with Gasteiger partial charge in [0.05, 0.1) is 10.7 Å². The van der Waals surface area contributed by atoms with Crippen molar-refractivity contribution < 1.29 is 0 Å². The molecule has 0 radical (unpaired) electrons. The number of anilines is 2. The molecular formula is C11H16ClN3. The van der Waals surface area contributed by atoms with Crippen LogP contribution in [-0.4, -0.2) is 11.5 Å². The molecular weight excluding hydrogens is 210 g/mol. The third-order valence-electron chi connectivity index (χ3n) is 2.90. The van der Waals surface area contributed by atoms with E-state index in [9.17, 15) is 0 Å². The minimum Gasteiger partial charge on any atom is -0.396 e. The number of halogens is 1. The molecule has 1 aliphatic carbocycles. The highest BCUT2D eigenvalue weighted by Crippen LogP contribution is 2.36. The summed E-state index contributed by atoms with van der Waals surface area (Å²) in [5, 5.41) is 3.84. The average Bonchev–Trinajstić information content (AvgIpc) is 2.99. The van der Waals surface area contributed by atoms with Gasteiger partial charge in [-0.25, -0.2) is 4.98 Å². The molecule has 1 saturated carbocycles. The van der Waals surface area contributed by atoms with E-state index in [4.69, 9.17) is 17.3 Å². The Balaban J connectivity index is 1.92. The second-order valence-corrected chi connectivity index (χ2v) is 4.72. The summed E-state index contributed by atoms with van der Waals surface area (Å²) in [6, 6.07) is 1.72. The van der Waals surface area contributed by atoms with Gasteiger partial charge in [0.15, 0.2) is 0 Å². The lowest BCUT2D eigenvalue weighted by Crippen LogP contribution is -2.14. The van der Waals surface area contributed by atoms with E-state index in [2.05, 4.69) is 17.2 Å². The lowest BCUT2D eigenvalue weighted by molar-refractivity contribution is 0.536. The summed E-state index contributed by atoms with van der Waals surface area (Å²) in [5.41, 5.74) is 6.41. The standard InChI is InChI=1S/C11H16ClN3/c1-7(8-2-3-8)5-14-11-10(13)4-9(12)6-15-11/h4,6-8H,2-3,5,13H2,1H3,(H,14,15). The smallest absolute Gasteiger partial charge is 0.149 e. The second kappa shape index (κ2) is 4.27. The van der Waals surface area contributed by atoms with Crippen molar-refractivity contribution in [3.63, 3.8) is 0 Å². The van der Waals surface area contributed by atoms with Crippen molar-refractivity contribution in [3.05, 3.63) is 17.3 Å². The molecule has 1 unspecified atom stereocenters. The fourth-order valence-corrected chi connectivity index (χ4v) is 1.86. The van der Waals surface area contributed by atoms with Gasteiger partial charge in [0.1, 0.15) is 5.82 Å². The molecule has 82 valence electrons. The first-order valence-electron chi connectivity index (χ1n) is 5.31. The highest BCUT2D eigenvalue weighted by atomic mass is 35.5. The van der Waals surface area contributed by atoms with Gasteiger partial charge in [-0.2, -0.15) is 0 Å². The van der Waals surface area contributed by atoms with Crippen LogP contribution in [-0.2, 0) is 0 Å². The molecule has 1 aromatic heterocycles. The average molecular weight is 226 g/mol. The summed E-state index contributed by atoms with van der Waals surface area (Å²) in [4.78, 5) is 4.16. The van der Waals surface area contributed by atoms with E-state index in [1.54, 1.807) is 12.3 Å². The van der Waals surface area contributed by atoms with E-state index >= 15 is 0 Å². The molecule has 1 aromatic rings. The minimum absolute atomic E-state index is 0.577. The van der Waals surface area contributed by atoms with Crippen molar-refractivity contribution >= 4 is 23.1 Å². The molecule has 4 heteroatoms. The zero-order chi connectivity index (χ0) is 10.8. The van der Waals surface area contributed by atoms with Gasteiger partial charge in [0.25, 0.3) is 0 Å². The summed E-state index contributed by atoms with van der Waals surface area (Å²) < 4.78 is 0. The van der Waals surface area contributed by atoms with Gasteiger partial charge in [-0.1, -0.05) is 18.5 Å². The second-order valence-electron chi connectivity index (χ2n) is 4.29. The summed E-state index contributed by atoms with van der Waals surface area (Å²) in [6.07, 6.45) is 4.35. The number of nitrogens with zero attached hydrogens (tertiary/aromatic N) is 1. The topological polar surface area (TPSA) is 50.9 Å². The van der Waals surface area contributed by atoms with Crippen LogP contribution in [0.25, 0.3) is 0 Å². The molecule has 15 heavy (non-hydrogen) atoms. The highest BCUT2D eigenvalue weighted by Gasteiger charge is 2.27. The summed E-state index contributed by atoms with van der Waals surface area (Å²) in [6.45, 7) is 3.19. The van der Waals surface area contributed by atoms with Crippen molar-refractivity contribution in [3.8, 4) is 0 Å². The van der Waals surface area contributed by atoms with Gasteiger partial charge in [-0.05, 0) is 30.7 Å². The van der Waals surface area contributed by atoms with E-state index in [0.29, 0.717) is 16.6 Å². The number of hydrogen-bond acceptors (Lipinski definition) is 3. The lowest BCUT2D eigenvalue weighted by atomic mass is 10.1. The molecule has 1 aliphatic rings. The van der Waals surface area contributed by atoms with E-state index in [1.807, 2.05) is 0 Å². The third-order valence-corrected chi connectivity index (χ3v) is 3.11. The van der Waals surface area contributed by atoms with Crippen LogP contribution in [0.5, 0.6) is 0 Å². The number of nitrogens with two attached hydrogens (primary N) is 1. The molecule has 0 spiro atoms. The Morgan fingerprint density at radius 1 is 1.67 bits per heavy atom. The summed E-state index contributed by atoms with van der Waals surface area (Å²) in [7, 11) is 0. The first kappa shape index (κ1) is 10.6. The van der Waals surface area contributed by atoms with Gasteiger partial charge in [-0.15, -0.1) is 0 Å². The van der Waals surface area contributed by atoms with Crippen LogP contribution in [0.3, 0.4) is 0 Å². The normalized spacial score (nSPS) is 17.5. The minimum atomic E-state index is 0.577. The Kier molecular flexibility index (Phi) is 3.00. The molecule has 2 rings (SSSR count). The first-order valence-corrected chi connectivity index (χ1v) is 5.69. The highest BCUT2D eigenvalue weighted by molar-refractivity contribution is 6.30. The van der Waals surface area contributed by atoms with Gasteiger partial charge in [0.2, 0.25) is 0 Å². The Morgan fingerprint density at radius 3 is 3.00 bits per heavy atom.